The number of halogens is 3. The molecule has 190 valence electrons. The molecular weight excluding hydrogens is 455 g/mol. The Labute approximate surface area is 205 Å². The molecule has 0 saturated heterocycles. The Bertz CT molecular complexity index is 1030. The highest BCUT2D eigenvalue weighted by Gasteiger charge is 2.43. The molecule has 3 atom stereocenters. The van der Waals surface area contributed by atoms with Crippen molar-refractivity contribution in [3.8, 4) is 5.75 Å². The van der Waals surface area contributed by atoms with Crippen LogP contribution < -0.4 is 10.1 Å². The number of ether oxygens (including phenoxy) is 2. The highest BCUT2D eigenvalue weighted by molar-refractivity contribution is 5.89. The van der Waals surface area contributed by atoms with Crippen LogP contribution in [0.15, 0.2) is 65.9 Å². The van der Waals surface area contributed by atoms with Gasteiger partial charge in [0.2, 0.25) is 0 Å². The van der Waals surface area contributed by atoms with E-state index in [2.05, 4.69) is 26.1 Å². The SMILES string of the molecule is COc1ccc(N/C(=C(/C)C(=O)O[C@@H]2C[C@H](C)CC[C@H]2C(C)(C)c2ccccc2)C(F)(F)F)cc1. The molecule has 1 saturated carbocycles. The second-order valence-corrected chi connectivity index (χ2v) is 9.91. The fourth-order valence-corrected chi connectivity index (χ4v) is 4.89. The number of carbonyl (C=O) groups excluding carboxylic acids is 1. The number of methoxy groups -OCH3 is 1. The summed E-state index contributed by atoms with van der Waals surface area (Å²) in [4.78, 5) is 13.1. The van der Waals surface area contributed by atoms with E-state index in [1.807, 2.05) is 30.3 Å². The van der Waals surface area contributed by atoms with Gasteiger partial charge in [-0.15, -0.1) is 0 Å². The third kappa shape index (κ3) is 6.38. The van der Waals surface area contributed by atoms with Crippen molar-refractivity contribution in [1.82, 2.24) is 0 Å². The maximum Gasteiger partial charge on any atom is 0.431 e. The van der Waals surface area contributed by atoms with Crippen LogP contribution in [0.1, 0.15) is 52.5 Å². The number of alkyl halides is 3. The minimum absolute atomic E-state index is 0.0123. The van der Waals surface area contributed by atoms with Gasteiger partial charge in [0.1, 0.15) is 17.6 Å². The van der Waals surface area contributed by atoms with Crippen LogP contribution in [-0.4, -0.2) is 25.4 Å². The molecule has 0 bridgehead atoms. The van der Waals surface area contributed by atoms with Crippen molar-refractivity contribution < 1.29 is 27.4 Å². The number of hydrogen-bond donors (Lipinski definition) is 1. The lowest BCUT2D eigenvalue weighted by atomic mass is 9.64. The molecule has 2 aromatic carbocycles. The van der Waals surface area contributed by atoms with Crippen LogP contribution in [0.5, 0.6) is 5.75 Å². The molecule has 0 amide bonds. The molecule has 1 fully saturated rings. The van der Waals surface area contributed by atoms with Crippen molar-refractivity contribution in [2.75, 3.05) is 12.4 Å². The summed E-state index contributed by atoms with van der Waals surface area (Å²) in [5, 5.41) is 2.36. The summed E-state index contributed by atoms with van der Waals surface area (Å²) in [5.41, 5.74) is -0.624. The highest BCUT2D eigenvalue weighted by atomic mass is 19.4. The fraction of sp³-hybridized carbons (Fsp3) is 0.464. The Morgan fingerprint density at radius 2 is 1.63 bits per heavy atom. The second-order valence-electron chi connectivity index (χ2n) is 9.91. The van der Waals surface area contributed by atoms with Crippen LogP contribution in [0.4, 0.5) is 18.9 Å². The molecule has 1 aliphatic carbocycles. The van der Waals surface area contributed by atoms with E-state index >= 15 is 0 Å². The van der Waals surface area contributed by atoms with Crippen molar-refractivity contribution in [2.45, 2.75) is 64.7 Å². The van der Waals surface area contributed by atoms with Crippen LogP contribution in [0.25, 0.3) is 0 Å². The predicted octanol–water partition coefficient (Wildman–Crippen LogP) is 7.27. The fourth-order valence-electron chi connectivity index (χ4n) is 4.89. The Hall–Kier alpha value is -2.96. The monoisotopic (exact) mass is 489 g/mol. The van der Waals surface area contributed by atoms with Crippen molar-refractivity contribution >= 4 is 11.7 Å². The first-order valence-corrected chi connectivity index (χ1v) is 11.9. The van der Waals surface area contributed by atoms with Crippen LogP contribution in [-0.2, 0) is 14.9 Å². The van der Waals surface area contributed by atoms with E-state index in [9.17, 15) is 18.0 Å². The Morgan fingerprint density at radius 1 is 1.00 bits per heavy atom. The molecular formula is C28H34F3NO3. The third-order valence-corrected chi connectivity index (χ3v) is 7.08. The molecule has 1 N–H and O–H groups in total. The lowest BCUT2D eigenvalue weighted by Gasteiger charge is -2.44. The summed E-state index contributed by atoms with van der Waals surface area (Å²) in [7, 11) is 1.47. The second kappa shape index (κ2) is 10.8. The van der Waals surface area contributed by atoms with E-state index in [4.69, 9.17) is 9.47 Å². The van der Waals surface area contributed by atoms with Gasteiger partial charge in [0, 0.05) is 11.6 Å². The van der Waals surface area contributed by atoms with Gasteiger partial charge in [0.15, 0.2) is 0 Å². The number of rotatable bonds is 7. The molecule has 1 aliphatic rings. The number of benzene rings is 2. The summed E-state index contributed by atoms with van der Waals surface area (Å²) in [5.74, 6) is -0.129. The van der Waals surface area contributed by atoms with E-state index in [0.717, 1.165) is 25.3 Å². The average Bonchev–Trinajstić information content (AvgIpc) is 2.82. The minimum atomic E-state index is -4.76. The van der Waals surface area contributed by atoms with Gasteiger partial charge in [-0.2, -0.15) is 13.2 Å². The average molecular weight is 490 g/mol. The van der Waals surface area contributed by atoms with E-state index in [1.54, 1.807) is 12.1 Å². The zero-order valence-electron chi connectivity index (χ0n) is 20.9. The smallest absolute Gasteiger partial charge is 0.431 e. The molecule has 0 aliphatic heterocycles. The zero-order chi connectivity index (χ0) is 25.8. The normalized spacial score (nSPS) is 21.7. The Morgan fingerprint density at radius 3 is 2.20 bits per heavy atom. The number of hydrogen-bond acceptors (Lipinski definition) is 4. The minimum Gasteiger partial charge on any atom is -0.497 e. The van der Waals surface area contributed by atoms with Crippen LogP contribution in [0.3, 0.4) is 0 Å². The van der Waals surface area contributed by atoms with E-state index in [-0.39, 0.29) is 17.0 Å². The van der Waals surface area contributed by atoms with E-state index in [1.165, 1.54) is 19.2 Å². The number of carbonyl (C=O) groups is 1. The first-order valence-electron chi connectivity index (χ1n) is 11.9. The van der Waals surface area contributed by atoms with Crippen LogP contribution in [0.2, 0.25) is 0 Å². The van der Waals surface area contributed by atoms with Gasteiger partial charge in [-0.1, -0.05) is 57.5 Å². The molecule has 2 aromatic rings. The van der Waals surface area contributed by atoms with Crippen molar-refractivity contribution in [3.05, 3.63) is 71.4 Å². The van der Waals surface area contributed by atoms with Crippen molar-refractivity contribution in [3.63, 3.8) is 0 Å². The molecule has 35 heavy (non-hydrogen) atoms. The largest absolute Gasteiger partial charge is 0.497 e. The molecule has 3 rings (SSSR count). The van der Waals surface area contributed by atoms with Gasteiger partial charge < -0.3 is 14.8 Å². The molecule has 0 spiro atoms. The van der Waals surface area contributed by atoms with E-state index < -0.39 is 29.5 Å². The number of nitrogens with one attached hydrogen (secondary N) is 1. The topological polar surface area (TPSA) is 47.6 Å². The summed E-state index contributed by atoms with van der Waals surface area (Å²) < 4.78 is 52.7. The summed E-state index contributed by atoms with van der Waals surface area (Å²) in [6.07, 6.45) is -2.80. The highest BCUT2D eigenvalue weighted by Crippen LogP contribution is 2.44. The molecule has 0 unspecified atom stereocenters. The molecule has 0 heterocycles. The molecule has 7 heteroatoms. The maximum absolute atomic E-state index is 13.9. The quantitative estimate of drug-likeness (QED) is 0.328. The lowest BCUT2D eigenvalue weighted by molar-refractivity contribution is -0.152. The summed E-state index contributed by atoms with van der Waals surface area (Å²) >= 11 is 0. The van der Waals surface area contributed by atoms with Gasteiger partial charge in [0.05, 0.1) is 12.7 Å². The summed E-state index contributed by atoms with van der Waals surface area (Å²) in [6, 6.07) is 16.0. The zero-order valence-corrected chi connectivity index (χ0v) is 20.9. The van der Waals surface area contributed by atoms with Gasteiger partial charge in [0.25, 0.3) is 0 Å². The maximum atomic E-state index is 13.9. The van der Waals surface area contributed by atoms with E-state index in [0.29, 0.717) is 18.1 Å². The standard InChI is InChI=1S/C28H34F3NO3/c1-18-11-16-23(27(3,4)20-9-7-6-8-10-20)24(17-18)35-26(33)19(2)25(28(29,30)31)32-21-12-14-22(34-5)15-13-21/h6-10,12-15,18,23-24,32H,11,16-17H2,1-5H3/b25-19-/t18-,23-,24-/m1/s1. The Kier molecular flexibility index (Phi) is 8.18. The molecule has 0 radical (unpaired) electrons. The Balaban J connectivity index is 1.87. The summed E-state index contributed by atoms with van der Waals surface area (Å²) in [6.45, 7) is 7.46. The van der Waals surface area contributed by atoms with Crippen LogP contribution in [0, 0.1) is 11.8 Å². The van der Waals surface area contributed by atoms with Crippen molar-refractivity contribution in [2.24, 2.45) is 11.8 Å². The van der Waals surface area contributed by atoms with Crippen molar-refractivity contribution in [1.29, 1.82) is 0 Å². The van der Waals surface area contributed by atoms with Gasteiger partial charge in [-0.25, -0.2) is 4.79 Å². The number of esters is 1. The first kappa shape index (κ1) is 26.6. The van der Waals surface area contributed by atoms with Crippen LogP contribution >= 0.6 is 0 Å². The molecule has 4 nitrogen and oxygen atoms in total. The van der Waals surface area contributed by atoms with Gasteiger partial charge >= 0.3 is 12.1 Å². The molecule has 0 aromatic heterocycles. The number of allylic oxidation sites excluding steroid dienone is 1. The first-order chi connectivity index (χ1) is 16.4. The van der Waals surface area contributed by atoms with Gasteiger partial charge in [-0.05, 0) is 60.9 Å². The lowest BCUT2D eigenvalue weighted by Crippen LogP contribution is -2.43. The third-order valence-electron chi connectivity index (χ3n) is 7.08. The van der Waals surface area contributed by atoms with Gasteiger partial charge in [-0.3, -0.25) is 0 Å². The number of anilines is 1. The predicted molar refractivity (Wildman–Crippen MR) is 131 cm³/mol.